The third kappa shape index (κ3) is 18.7. The van der Waals surface area contributed by atoms with Crippen LogP contribution in [0.5, 0.6) is 0 Å². The lowest BCUT2D eigenvalue weighted by Gasteiger charge is -2.13. The SMILES string of the molecule is Cc1cc(=O)n2c(=O)n1CCCCCSc1nc(cc(C)[n+]1C)NCCCCCCCNc1cc(C)[n+](C)c(n1)SCCCCC2.Cc1ccc(S(=O)(=O)[O-])cc1.Cc1ccc(S(=O)(=O)[O-])cc1. The Labute approximate surface area is 411 Å². The van der Waals surface area contributed by atoms with Crippen LogP contribution in [0.25, 0.3) is 0 Å². The number of thioether (sulfide) groups is 2. The van der Waals surface area contributed by atoms with E-state index in [1.165, 1.54) is 59.5 Å². The molecule has 0 aliphatic carbocycles. The van der Waals surface area contributed by atoms with Crippen molar-refractivity contribution in [3.63, 3.8) is 0 Å². The predicted octanol–water partition coefficient (Wildman–Crippen LogP) is 6.89. The summed E-state index contributed by atoms with van der Waals surface area (Å²) in [6.07, 6.45) is 11.6. The highest BCUT2D eigenvalue weighted by molar-refractivity contribution is 7.99. The molecule has 0 amide bonds. The van der Waals surface area contributed by atoms with Crippen LogP contribution in [-0.2, 0) is 47.4 Å². The normalized spacial score (nSPS) is 15.2. The van der Waals surface area contributed by atoms with Crippen molar-refractivity contribution < 1.29 is 35.1 Å². The van der Waals surface area contributed by atoms with Gasteiger partial charge in [0.25, 0.3) is 5.56 Å². The molecular weight excluding hydrogens is 945 g/mol. The summed E-state index contributed by atoms with van der Waals surface area (Å²) in [4.78, 5) is 35.4. The largest absolute Gasteiger partial charge is 0.744 e. The quantitative estimate of drug-likeness (QED) is 0.105. The molecule has 3 aromatic heterocycles. The lowest BCUT2D eigenvalue weighted by atomic mass is 10.1. The van der Waals surface area contributed by atoms with Gasteiger partial charge in [-0.05, 0) is 131 Å². The Kier molecular flexibility index (Phi) is 22.7. The van der Waals surface area contributed by atoms with Crippen molar-refractivity contribution in [2.75, 3.05) is 35.2 Å². The molecule has 68 heavy (non-hydrogen) atoms. The molecule has 0 radical (unpaired) electrons. The van der Waals surface area contributed by atoms with Crippen molar-refractivity contribution in [3.8, 4) is 0 Å². The zero-order valence-electron chi connectivity index (χ0n) is 40.5. The number of hydrogen-bond donors (Lipinski definition) is 2. The van der Waals surface area contributed by atoms with Gasteiger partial charge in [-0.3, -0.25) is 13.9 Å². The number of hydrogen-bond acceptors (Lipinski definition) is 14. The molecule has 6 bridgehead atoms. The lowest BCUT2D eigenvalue weighted by Crippen LogP contribution is -2.40. The van der Waals surface area contributed by atoms with Gasteiger partial charge in [-0.2, -0.15) is 0 Å². The van der Waals surface area contributed by atoms with Crippen LogP contribution in [0.3, 0.4) is 0 Å². The van der Waals surface area contributed by atoms with E-state index in [4.69, 9.17) is 9.97 Å². The van der Waals surface area contributed by atoms with Gasteiger partial charge in [-0.25, -0.2) is 30.8 Å². The van der Waals surface area contributed by atoms with Gasteiger partial charge in [0.1, 0.15) is 31.6 Å². The van der Waals surface area contributed by atoms with Crippen LogP contribution in [0.1, 0.15) is 98.8 Å². The number of rotatable bonds is 2. The number of nitrogens with one attached hydrogen (secondary N) is 2. The van der Waals surface area contributed by atoms with Gasteiger partial charge in [0.05, 0.1) is 23.9 Å². The first-order valence-electron chi connectivity index (χ1n) is 23.1. The first kappa shape index (κ1) is 56.0. The van der Waals surface area contributed by atoms with Crippen LogP contribution in [0.2, 0.25) is 0 Å². The molecule has 2 aromatic carbocycles. The standard InChI is InChI=1S/C34H52N8O2S2.2C7H8O3S/c1-26-23-29-35-17-11-7-6-8-12-18-36-30-24-27(2)40(5)33(38-30)46-22-16-10-14-20-42-31(43)25-28(3)41(34(42)44)19-13-9-15-21-45-32(37-29)39(26)4;2*1-6-2-4-7(5-3-6)11(8,9)10/h23-25H,6-22H2,1-5H3;2*2-5H,1H3,(H,8,9,10). The van der Waals surface area contributed by atoms with Crippen molar-refractivity contribution in [1.29, 1.82) is 0 Å². The number of fused-ring (bicyclic) bond motifs is 6. The molecular formula is C48H68N8O8S4. The summed E-state index contributed by atoms with van der Waals surface area (Å²) < 4.78 is 69.8. The van der Waals surface area contributed by atoms with Crippen LogP contribution in [0.15, 0.2) is 96.4 Å². The second kappa shape index (κ2) is 27.6. The first-order valence-corrected chi connectivity index (χ1v) is 27.9. The second-order valence-electron chi connectivity index (χ2n) is 16.9. The Morgan fingerprint density at radius 3 is 1.34 bits per heavy atom. The monoisotopic (exact) mass is 1010 g/mol. The molecule has 4 heterocycles. The molecule has 0 saturated carbocycles. The molecule has 0 atom stereocenters. The molecule has 0 unspecified atom stereocenters. The van der Waals surface area contributed by atoms with E-state index in [1.54, 1.807) is 58.4 Å². The maximum absolute atomic E-state index is 13.3. The summed E-state index contributed by atoms with van der Waals surface area (Å²) in [6, 6.07) is 17.4. The summed E-state index contributed by atoms with van der Waals surface area (Å²) in [5.41, 5.74) is 4.59. The zero-order valence-corrected chi connectivity index (χ0v) is 43.7. The Morgan fingerprint density at radius 1 is 0.544 bits per heavy atom. The Hall–Kier alpha value is -4.60. The van der Waals surface area contributed by atoms with Gasteiger partial charge >= 0.3 is 16.0 Å². The smallest absolute Gasteiger partial charge is 0.361 e. The number of nitrogens with zero attached hydrogens (tertiary/aromatic N) is 6. The Morgan fingerprint density at radius 2 is 0.926 bits per heavy atom. The van der Waals surface area contributed by atoms with Gasteiger partial charge in [0.15, 0.2) is 0 Å². The Balaban J connectivity index is 0.000000371. The number of anilines is 2. The Bertz CT molecular complexity index is 2680. The lowest BCUT2D eigenvalue weighted by molar-refractivity contribution is -0.718. The zero-order chi connectivity index (χ0) is 49.9. The summed E-state index contributed by atoms with van der Waals surface area (Å²) in [7, 11) is -4.40. The molecule has 5 aromatic rings. The molecule has 1 aliphatic heterocycles. The summed E-state index contributed by atoms with van der Waals surface area (Å²) in [5, 5.41) is 9.11. The van der Waals surface area contributed by atoms with Crippen molar-refractivity contribution in [1.82, 2.24) is 19.1 Å². The molecule has 1 aliphatic rings. The van der Waals surface area contributed by atoms with Crippen LogP contribution >= 0.6 is 23.5 Å². The van der Waals surface area contributed by atoms with Crippen LogP contribution in [0.4, 0.5) is 11.6 Å². The van der Waals surface area contributed by atoms with E-state index in [2.05, 4.69) is 59.8 Å². The summed E-state index contributed by atoms with van der Waals surface area (Å²) in [5.74, 6) is 3.81. The highest BCUT2D eigenvalue weighted by atomic mass is 32.2. The fourth-order valence-corrected chi connectivity index (χ4v) is 10.0. The average molecular weight is 1010 g/mol. The van der Waals surface area contributed by atoms with Crippen molar-refractivity contribution in [2.24, 2.45) is 14.1 Å². The number of aromatic nitrogens is 6. The molecule has 2 N–H and O–H groups in total. The molecule has 6 rings (SSSR count). The third-order valence-electron chi connectivity index (χ3n) is 11.3. The van der Waals surface area contributed by atoms with E-state index < -0.39 is 20.2 Å². The third-order valence-corrected chi connectivity index (χ3v) is 15.3. The number of benzene rings is 2. The molecule has 20 heteroatoms. The first-order chi connectivity index (χ1) is 32.2. The summed E-state index contributed by atoms with van der Waals surface area (Å²) in [6.45, 7) is 12.7. The highest BCUT2D eigenvalue weighted by Crippen LogP contribution is 2.19. The summed E-state index contributed by atoms with van der Waals surface area (Å²) >= 11 is 3.56. The highest BCUT2D eigenvalue weighted by Gasteiger charge is 2.18. The fraction of sp³-hybridized carbons (Fsp3) is 0.500. The maximum Gasteiger partial charge on any atom is 0.361 e. The number of aryl methyl sites for hydroxylation is 5. The van der Waals surface area contributed by atoms with Gasteiger partial charge in [0, 0.05) is 61.6 Å². The predicted molar refractivity (Wildman–Crippen MR) is 267 cm³/mol. The minimum Gasteiger partial charge on any atom is -0.744 e. The minimum atomic E-state index is -4.27. The minimum absolute atomic E-state index is 0.178. The molecule has 0 spiro atoms. The van der Waals surface area contributed by atoms with Gasteiger partial charge in [0.2, 0.25) is 11.6 Å². The van der Waals surface area contributed by atoms with E-state index in [9.17, 15) is 35.5 Å². The molecule has 0 fully saturated rings. The van der Waals surface area contributed by atoms with Crippen molar-refractivity contribution in [3.05, 3.63) is 116 Å². The van der Waals surface area contributed by atoms with Crippen LogP contribution in [0, 0.1) is 34.6 Å². The maximum atomic E-state index is 13.3. The fourth-order valence-electron chi connectivity index (χ4n) is 7.00. The van der Waals surface area contributed by atoms with Crippen LogP contribution < -0.4 is 31.0 Å². The van der Waals surface area contributed by atoms with Gasteiger partial charge in [-0.1, -0.05) is 67.5 Å². The van der Waals surface area contributed by atoms with E-state index in [0.29, 0.717) is 13.1 Å². The van der Waals surface area contributed by atoms with Crippen molar-refractivity contribution in [2.45, 2.75) is 138 Å². The van der Waals surface area contributed by atoms with Crippen LogP contribution in [-0.4, -0.2) is 69.6 Å². The van der Waals surface area contributed by atoms with E-state index >= 15 is 0 Å². The molecule has 372 valence electrons. The van der Waals surface area contributed by atoms with Gasteiger partial charge in [-0.15, -0.1) is 0 Å². The second-order valence-corrected chi connectivity index (χ2v) is 21.8. The van der Waals surface area contributed by atoms with E-state index in [-0.39, 0.29) is 21.0 Å². The topological polar surface area (TPSA) is 216 Å². The average Bonchev–Trinajstić information content (AvgIpc) is 3.27. The molecule has 0 saturated heterocycles. The van der Waals surface area contributed by atoms with Gasteiger partial charge < -0.3 is 19.7 Å². The van der Waals surface area contributed by atoms with E-state index in [0.717, 1.165) is 115 Å². The van der Waals surface area contributed by atoms with E-state index in [1.807, 2.05) is 20.8 Å². The van der Waals surface area contributed by atoms with Crippen molar-refractivity contribution >= 4 is 55.4 Å². The molecule has 16 nitrogen and oxygen atoms in total.